The lowest BCUT2D eigenvalue weighted by molar-refractivity contribution is -0.122. The maximum atomic E-state index is 12.1. The molecule has 0 fully saturated rings. The highest BCUT2D eigenvalue weighted by Crippen LogP contribution is 2.31. The van der Waals surface area contributed by atoms with Gasteiger partial charge in [-0.25, -0.2) is 0 Å². The molecule has 0 unspecified atom stereocenters. The van der Waals surface area contributed by atoms with Crippen LogP contribution in [-0.4, -0.2) is 56.0 Å². The topological polar surface area (TPSA) is 61.9 Å². The van der Waals surface area contributed by atoms with Crippen LogP contribution in [0.4, 0.5) is 5.69 Å². The molecule has 0 atom stereocenters. The number of anilines is 1. The summed E-state index contributed by atoms with van der Waals surface area (Å²) in [4.78, 5) is 28.1. The van der Waals surface area contributed by atoms with Crippen molar-refractivity contribution in [3.05, 3.63) is 24.3 Å². The van der Waals surface area contributed by atoms with Crippen LogP contribution in [0.3, 0.4) is 0 Å². The second-order valence-corrected chi connectivity index (χ2v) is 6.14. The van der Waals surface area contributed by atoms with Crippen molar-refractivity contribution in [1.82, 2.24) is 10.2 Å². The van der Waals surface area contributed by atoms with E-state index in [1.54, 1.807) is 4.90 Å². The van der Waals surface area contributed by atoms with Gasteiger partial charge in [-0.05, 0) is 44.6 Å². The summed E-state index contributed by atoms with van der Waals surface area (Å²) in [7, 11) is 0. The summed E-state index contributed by atoms with van der Waals surface area (Å²) in [5.41, 5.74) is 0.741. The van der Waals surface area contributed by atoms with E-state index < -0.39 is 0 Å². The third-order valence-corrected chi connectivity index (χ3v) is 4.49. The molecule has 25 heavy (non-hydrogen) atoms. The molecule has 1 aliphatic heterocycles. The van der Waals surface area contributed by atoms with Gasteiger partial charge in [-0.2, -0.15) is 0 Å². The van der Waals surface area contributed by atoms with E-state index in [-0.39, 0.29) is 18.4 Å². The molecular weight excluding hydrogens is 318 g/mol. The lowest BCUT2D eigenvalue weighted by atomic mass is 10.2. The Kier molecular flexibility index (Phi) is 7.73. The first-order valence-electron chi connectivity index (χ1n) is 9.17. The molecule has 0 saturated carbocycles. The van der Waals surface area contributed by atoms with Crippen LogP contribution in [0.2, 0.25) is 0 Å². The molecule has 0 aliphatic carbocycles. The zero-order valence-corrected chi connectivity index (χ0v) is 15.3. The fraction of sp³-hybridized carbons (Fsp3) is 0.579. The van der Waals surface area contributed by atoms with Crippen molar-refractivity contribution in [3.8, 4) is 5.75 Å². The van der Waals surface area contributed by atoms with E-state index in [0.29, 0.717) is 25.3 Å². The molecule has 1 aromatic carbocycles. The Morgan fingerprint density at radius 2 is 2.00 bits per heavy atom. The fourth-order valence-corrected chi connectivity index (χ4v) is 2.93. The second kappa shape index (κ2) is 10.0. The SMILES string of the molecule is CCN(CC)CCCCNC(=O)CCN1C(=O)COc2ccccc21. The third-order valence-electron chi connectivity index (χ3n) is 4.49. The average molecular weight is 347 g/mol. The van der Waals surface area contributed by atoms with Crippen LogP contribution in [-0.2, 0) is 9.59 Å². The van der Waals surface area contributed by atoms with E-state index in [2.05, 4.69) is 24.1 Å². The number of nitrogens with one attached hydrogen (secondary N) is 1. The number of rotatable bonds is 10. The summed E-state index contributed by atoms with van der Waals surface area (Å²) in [5.74, 6) is 0.573. The molecule has 1 N–H and O–H groups in total. The Morgan fingerprint density at radius 3 is 2.76 bits per heavy atom. The minimum atomic E-state index is -0.106. The summed E-state index contributed by atoms with van der Waals surface area (Å²) in [6.45, 7) is 8.63. The fourth-order valence-electron chi connectivity index (χ4n) is 2.93. The lowest BCUT2D eigenvalue weighted by Gasteiger charge is -2.29. The number of hydrogen-bond donors (Lipinski definition) is 1. The predicted octanol–water partition coefficient (Wildman–Crippen LogP) is 2.04. The van der Waals surface area contributed by atoms with Crippen LogP contribution in [0, 0.1) is 0 Å². The van der Waals surface area contributed by atoms with Crippen molar-refractivity contribution < 1.29 is 14.3 Å². The summed E-state index contributed by atoms with van der Waals surface area (Å²) >= 11 is 0. The van der Waals surface area contributed by atoms with Crippen molar-refractivity contribution in [2.45, 2.75) is 33.1 Å². The Labute approximate surface area is 150 Å². The van der Waals surface area contributed by atoms with Gasteiger partial charge in [0.25, 0.3) is 5.91 Å². The van der Waals surface area contributed by atoms with E-state index in [9.17, 15) is 9.59 Å². The average Bonchev–Trinajstić information content (AvgIpc) is 2.64. The Balaban J connectivity index is 1.69. The first-order chi connectivity index (χ1) is 12.2. The number of benzene rings is 1. The van der Waals surface area contributed by atoms with Crippen LogP contribution in [0.1, 0.15) is 33.1 Å². The van der Waals surface area contributed by atoms with Crippen LogP contribution >= 0.6 is 0 Å². The number of hydrogen-bond acceptors (Lipinski definition) is 4. The number of fused-ring (bicyclic) bond motifs is 1. The Morgan fingerprint density at radius 1 is 1.24 bits per heavy atom. The van der Waals surface area contributed by atoms with Crippen LogP contribution in [0.25, 0.3) is 0 Å². The number of carbonyl (C=O) groups is 2. The van der Waals surface area contributed by atoms with Gasteiger partial charge in [-0.3, -0.25) is 9.59 Å². The maximum Gasteiger partial charge on any atom is 0.265 e. The molecule has 6 nitrogen and oxygen atoms in total. The Bertz CT molecular complexity index is 573. The minimum Gasteiger partial charge on any atom is -0.482 e. The molecule has 0 aromatic heterocycles. The summed E-state index contributed by atoms with van der Waals surface area (Å²) in [5, 5.41) is 2.94. The molecule has 138 valence electrons. The predicted molar refractivity (Wildman–Crippen MR) is 98.9 cm³/mol. The van der Waals surface area contributed by atoms with Gasteiger partial charge in [0.15, 0.2) is 6.61 Å². The number of para-hydroxylation sites is 2. The molecule has 1 aliphatic rings. The highest BCUT2D eigenvalue weighted by atomic mass is 16.5. The monoisotopic (exact) mass is 347 g/mol. The van der Waals surface area contributed by atoms with Crippen molar-refractivity contribution >= 4 is 17.5 Å². The van der Waals surface area contributed by atoms with Gasteiger partial charge in [-0.1, -0.05) is 26.0 Å². The van der Waals surface area contributed by atoms with Crippen LogP contribution < -0.4 is 15.0 Å². The highest BCUT2D eigenvalue weighted by Gasteiger charge is 2.25. The quantitative estimate of drug-likeness (QED) is 0.658. The second-order valence-electron chi connectivity index (χ2n) is 6.14. The highest BCUT2D eigenvalue weighted by molar-refractivity contribution is 5.98. The molecule has 1 aromatic rings. The van der Waals surface area contributed by atoms with Gasteiger partial charge < -0.3 is 19.9 Å². The largest absolute Gasteiger partial charge is 0.482 e. The molecule has 2 rings (SSSR count). The summed E-state index contributed by atoms with van der Waals surface area (Å²) < 4.78 is 5.41. The van der Waals surface area contributed by atoms with Gasteiger partial charge in [0.05, 0.1) is 5.69 Å². The first-order valence-corrected chi connectivity index (χ1v) is 9.17. The lowest BCUT2D eigenvalue weighted by Crippen LogP contribution is -2.41. The number of unbranched alkanes of at least 4 members (excludes halogenated alkanes) is 1. The van der Waals surface area contributed by atoms with E-state index in [4.69, 9.17) is 4.74 Å². The van der Waals surface area contributed by atoms with Crippen LogP contribution in [0.15, 0.2) is 24.3 Å². The molecule has 0 radical (unpaired) electrons. The first kappa shape index (κ1) is 19.2. The molecule has 0 bridgehead atoms. The number of amides is 2. The zero-order valence-electron chi connectivity index (χ0n) is 15.3. The van der Waals surface area contributed by atoms with E-state index in [0.717, 1.165) is 38.2 Å². The van der Waals surface area contributed by atoms with Gasteiger partial charge in [0.2, 0.25) is 5.91 Å². The normalized spacial score (nSPS) is 13.6. The van der Waals surface area contributed by atoms with Gasteiger partial charge in [0, 0.05) is 19.5 Å². The Hall–Kier alpha value is -2.08. The zero-order chi connectivity index (χ0) is 18.1. The van der Waals surface area contributed by atoms with Gasteiger partial charge in [0.1, 0.15) is 5.75 Å². The number of carbonyl (C=O) groups excluding carboxylic acids is 2. The standard InChI is InChI=1S/C19H29N3O3/c1-3-21(4-2)13-8-7-12-20-18(23)11-14-22-16-9-5-6-10-17(16)25-15-19(22)24/h5-6,9-10H,3-4,7-8,11-15H2,1-2H3,(H,20,23). The number of nitrogens with zero attached hydrogens (tertiary/aromatic N) is 2. The van der Waals surface area contributed by atoms with E-state index in [1.165, 1.54) is 0 Å². The maximum absolute atomic E-state index is 12.1. The summed E-state index contributed by atoms with van der Waals surface area (Å²) in [6.07, 6.45) is 2.36. The number of ether oxygens (including phenoxy) is 1. The van der Waals surface area contributed by atoms with Crippen molar-refractivity contribution in [2.75, 3.05) is 44.2 Å². The molecule has 2 amide bonds. The van der Waals surface area contributed by atoms with Crippen molar-refractivity contribution in [3.63, 3.8) is 0 Å². The summed E-state index contributed by atoms with van der Waals surface area (Å²) in [6, 6.07) is 7.42. The van der Waals surface area contributed by atoms with Gasteiger partial charge >= 0.3 is 0 Å². The van der Waals surface area contributed by atoms with Crippen molar-refractivity contribution in [1.29, 1.82) is 0 Å². The smallest absolute Gasteiger partial charge is 0.265 e. The molecule has 6 heteroatoms. The third kappa shape index (κ3) is 5.74. The molecular formula is C19H29N3O3. The van der Waals surface area contributed by atoms with Crippen LogP contribution in [0.5, 0.6) is 5.75 Å². The molecule has 1 heterocycles. The molecule has 0 saturated heterocycles. The minimum absolute atomic E-state index is 0.0142. The van der Waals surface area contributed by atoms with Crippen molar-refractivity contribution in [2.24, 2.45) is 0 Å². The molecule has 0 spiro atoms. The van der Waals surface area contributed by atoms with E-state index >= 15 is 0 Å². The van der Waals surface area contributed by atoms with E-state index in [1.807, 2.05) is 24.3 Å². The van der Waals surface area contributed by atoms with Gasteiger partial charge in [-0.15, -0.1) is 0 Å².